The zero-order chi connectivity index (χ0) is 56.4. The quantitative estimate of drug-likeness (QED) is 0.0484. The molecule has 0 spiro atoms. The van der Waals surface area contributed by atoms with Crippen LogP contribution in [0.5, 0.6) is 0 Å². The first-order valence-corrected chi connectivity index (χ1v) is 29.4. The molecule has 1 aromatic carbocycles. The van der Waals surface area contributed by atoms with Gasteiger partial charge in [0.1, 0.15) is 0 Å². The highest BCUT2D eigenvalue weighted by Crippen LogP contribution is 2.56. The first-order chi connectivity index (χ1) is 33.0. The van der Waals surface area contributed by atoms with E-state index >= 15 is 0 Å². The molecule has 0 saturated carbocycles. The van der Waals surface area contributed by atoms with E-state index in [0.29, 0.717) is 40.9 Å². The van der Waals surface area contributed by atoms with Crippen LogP contribution < -0.4 is 5.32 Å². The molecule has 0 bridgehead atoms. The molecule has 6 unspecified atom stereocenters. The third-order valence-electron chi connectivity index (χ3n) is 14.1. The second-order valence-electron chi connectivity index (χ2n) is 20.6. The van der Waals surface area contributed by atoms with Crippen LogP contribution in [0.4, 0.5) is 0 Å². The van der Waals surface area contributed by atoms with E-state index in [1.807, 2.05) is 74.6 Å². The van der Waals surface area contributed by atoms with Crippen molar-refractivity contribution in [3.05, 3.63) is 122 Å². The van der Waals surface area contributed by atoms with Gasteiger partial charge in [-0.1, -0.05) is 261 Å². The zero-order valence-electron chi connectivity index (χ0n) is 52.4. The molecule has 0 saturated heterocycles. The Kier molecular flexibility index (Phi) is 63.6. The molecular formula is C68H131NS. The molecule has 2 heteroatoms. The average Bonchev–Trinajstić information content (AvgIpc) is 3.36. The Labute approximate surface area is 451 Å². The summed E-state index contributed by atoms with van der Waals surface area (Å²) in [5.74, 6) is 4.23. The maximum atomic E-state index is 4.48. The molecule has 1 aromatic rings. The van der Waals surface area contributed by atoms with Gasteiger partial charge in [-0.15, -0.1) is 26.3 Å². The monoisotopic (exact) mass is 994 g/mol. The number of rotatable bonds is 28. The summed E-state index contributed by atoms with van der Waals surface area (Å²) in [5.41, 5.74) is 5.80. The van der Waals surface area contributed by atoms with Gasteiger partial charge in [0.15, 0.2) is 0 Å². The zero-order valence-corrected chi connectivity index (χ0v) is 53.3. The summed E-state index contributed by atoms with van der Waals surface area (Å²) >= 11 is 4.48. The van der Waals surface area contributed by atoms with E-state index in [0.717, 1.165) is 38.0 Å². The number of allylic oxidation sites excluding steroid dienone is 9. The lowest BCUT2D eigenvalue weighted by Crippen LogP contribution is -2.43. The smallest absolute Gasteiger partial charge is 0.0154 e. The molecule has 70 heavy (non-hydrogen) atoms. The number of benzene rings is 1. The minimum atomic E-state index is 0.102. The summed E-state index contributed by atoms with van der Waals surface area (Å²) < 4.78 is 0. The predicted molar refractivity (Wildman–Crippen MR) is 338 cm³/mol. The van der Waals surface area contributed by atoms with Gasteiger partial charge in [0, 0.05) is 5.75 Å². The molecule has 0 fully saturated rings. The fourth-order valence-electron chi connectivity index (χ4n) is 8.08. The van der Waals surface area contributed by atoms with Gasteiger partial charge in [-0.25, -0.2) is 0 Å². The van der Waals surface area contributed by atoms with Crippen molar-refractivity contribution in [3.63, 3.8) is 0 Å². The van der Waals surface area contributed by atoms with E-state index in [1.165, 1.54) is 80.1 Å². The van der Waals surface area contributed by atoms with Crippen LogP contribution in [-0.2, 0) is 5.75 Å². The molecule has 414 valence electrons. The predicted octanol–water partition coefficient (Wildman–Crippen LogP) is 23.7. The molecule has 6 atom stereocenters. The lowest BCUT2D eigenvalue weighted by molar-refractivity contribution is 0.0297. The highest BCUT2D eigenvalue weighted by Gasteiger charge is 2.46. The Bertz CT molecular complexity index is 1350. The standard InChI is InChI=1S/C30H52S.2C11H18.C6H14.C4H11N.3C2H6/c1-12-14-15-23(5)28(7,8)20-27(26-18-16-25(21-31)17-19-26)29(9,10)24(6)30(11,13-2)22(3)4;1-5-7-8-11(6-2)9-10(3)4;1-5-7-9-11(8-6-2)10(3)4;1-3-5-6-4-2;1-3-4-5-2;3*1-2/h13,16-19,22-24,27,31H,2,12,14-15,20-21H2,1,3-11H3;2*5-7,11H,2-3,8-9H2,1,4H3;3-6H2,1-2H3;5H,3-4H2,1-2H3;3*1-2H3/b;2*7-5+;;;;;. The first kappa shape index (κ1) is 81.8. The van der Waals surface area contributed by atoms with Gasteiger partial charge in [0.05, 0.1) is 0 Å². The number of hydrogen-bond acceptors (Lipinski definition) is 2. The van der Waals surface area contributed by atoms with E-state index in [-0.39, 0.29) is 10.8 Å². The first-order valence-electron chi connectivity index (χ1n) is 28.8. The molecule has 1 N–H and O–H groups in total. The van der Waals surface area contributed by atoms with Crippen molar-refractivity contribution in [2.45, 2.75) is 254 Å². The van der Waals surface area contributed by atoms with Gasteiger partial charge < -0.3 is 5.32 Å². The van der Waals surface area contributed by atoms with E-state index in [9.17, 15) is 0 Å². The molecule has 0 aliphatic heterocycles. The second kappa shape index (κ2) is 54.5. The molecular weight excluding hydrogens is 863 g/mol. The molecule has 0 aliphatic carbocycles. The summed E-state index contributed by atoms with van der Waals surface area (Å²) in [7, 11) is 1.96. The van der Waals surface area contributed by atoms with Gasteiger partial charge in [-0.05, 0) is 143 Å². The molecule has 0 aliphatic rings. The highest BCUT2D eigenvalue weighted by atomic mass is 32.1. The van der Waals surface area contributed by atoms with Gasteiger partial charge in [-0.3, -0.25) is 0 Å². The van der Waals surface area contributed by atoms with Crippen LogP contribution in [0.25, 0.3) is 0 Å². The van der Waals surface area contributed by atoms with Crippen molar-refractivity contribution >= 4 is 12.6 Å². The molecule has 0 radical (unpaired) electrons. The van der Waals surface area contributed by atoms with Crippen LogP contribution in [0, 0.1) is 45.8 Å². The Morgan fingerprint density at radius 1 is 0.700 bits per heavy atom. The molecule has 0 aromatic heterocycles. The topological polar surface area (TPSA) is 12.0 Å². The number of thiol groups is 1. The van der Waals surface area contributed by atoms with Crippen molar-refractivity contribution in [3.8, 4) is 0 Å². The van der Waals surface area contributed by atoms with Crippen molar-refractivity contribution < 1.29 is 0 Å². The van der Waals surface area contributed by atoms with E-state index < -0.39 is 0 Å². The summed E-state index contributed by atoms with van der Waals surface area (Å²) in [6.07, 6.45) is 30.9. The third-order valence-corrected chi connectivity index (χ3v) is 14.5. The van der Waals surface area contributed by atoms with Gasteiger partial charge in [0.2, 0.25) is 0 Å². The maximum absolute atomic E-state index is 4.48. The van der Waals surface area contributed by atoms with Crippen molar-refractivity contribution in [1.82, 2.24) is 5.32 Å². The molecule has 1 nitrogen and oxygen atoms in total. The largest absolute Gasteiger partial charge is 0.320 e. The normalized spacial score (nSPS) is 13.7. The van der Waals surface area contributed by atoms with E-state index in [4.69, 9.17) is 0 Å². The van der Waals surface area contributed by atoms with Crippen LogP contribution in [0.15, 0.2) is 111 Å². The summed E-state index contributed by atoms with van der Waals surface area (Å²) in [4.78, 5) is 0. The fourth-order valence-corrected chi connectivity index (χ4v) is 8.29. The van der Waals surface area contributed by atoms with Crippen molar-refractivity contribution in [1.29, 1.82) is 0 Å². The number of hydrogen-bond donors (Lipinski definition) is 2. The third kappa shape index (κ3) is 41.2. The van der Waals surface area contributed by atoms with Crippen molar-refractivity contribution in [2.75, 3.05) is 13.6 Å². The Morgan fingerprint density at radius 2 is 1.17 bits per heavy atom. The average molecular weight is 995 g/mol. The molecule has 0 amide bonds. The summed E-state index contributed by atoms with van der Waals surface area (Å²) in [6, 6.07) is 9.30. The van der Waals surface area contributed by atoms with Crippen LogP contribution >= 0.6 is 12.6 Å². The van der Waals surface area contributed by atoms with E-state index in [1.54, 1.807) is 0 Å². The highest BCUT2D eigenvalue weighted by molar-refractivity contribution is 7.79. The van der Waals surface area contributed by atoms with Crippen LogP contribution in [0.3, 0.4) is 0 Å². The summed E-state index contributed by atoms with van der Waals surface area (Å²) in [6.45, 7) is 71.9. The molecule has 1 rings (SSSR count). The number of nitrogens with one attached hydrogen (secondary N) is 1. The summed E-state index contributed by atoms with van der Waals surface area (Å²) in [5, 5.41) is 3.02. The Morgan fingerprint density at radius 3 is 1.49 bits per heavy atom. The van der Waals surface area contributed by atoms with Gasteiger partial charge >= 0.3 is 0 Å². The van der Waals surface area contributed by atoms with Gasteiger partial charge in [-0.2, -0.15) is 12.6 Å². The Balaban J connectivity index is -0.000000166. The molecule has 0 heterocycles. The lowest BCUT2D eigenvalue weighted by Gasteiger charge is -2.51. The lowest BCUT2D eigenvalue weighted by atomic mass is 9.53. The maximum Gasteiger partial charge on any atom is 0.0154 e. The second-order valence-corrected chi connectivity index (χ2v) is 20.9. The number of unbranched alkanes of at least 4 members (excludes halogenated alkanes) is 4. The minimum Gasteiger partial charge on any atom is -0.320 e. The fraction of sp³-hybridized carbons (Fsp3) is 0.706. The Hall–Kier alpha value is -2.29. The van der Waals surface area contributed by atoms with Gasteiger partial charge in [0.25, 0.3) is 0 Å². The van der Waals surface area contributed by atoms with Crippen molar-refractivity contribution in [2.24, 2.45) is 45.8 Å². The van der Waals surface area contributed by atoms with Crippen LogP contribution in [0.2, 0.25) is 0 Å². The van der Waals surface area contributed by atoms with Crippen LogP contribution in [0.1, 0.15) is 260 Å². The SMILES string of the molecule is C=CC(C)(C(C)C)C(C)C(C)(C)C(CC(C)(C)C(C)CCCC)c1ccc(CS)cc1.C=CC(C/C=C/C)CC(=C)C.C=CCC(C/C=C/C)C(=C)C.CC.CC.CC.CCCCCC.CCCNC. The van der Waals surface area contributed by atoms with E-state index in [2.05, 4.69) is 209 Å². The van der Waals surface area contributed by atoms with Crippen LogP contribution in [-0.4, -0.2) is 13.6 Å². The minimum absolute atomic E-state index is 0.102.